The fourth-order valence-electron chi connectivity index (χ4n) is 3.48. The normalized spacial score (nSPS) is 21.5. The zero-order valence-electron chi connectivity index (χ0n) is 20.1. The van der Waals surface area contributed by atoms with E-state index in [9.17, 15) is 16.8 Å². The van der Waals surface area contributed by atoms with Gasteiger partial charge in [0.05, 0.1) is 23.1 Å². The maximum atomic E-state index is 12.9. The van der Waals surface area contributed by atoms with E-state index >= 15 is 0 Å². The largest absolute Gasteiger partial charge is 0.379 e. The summed E-state index contributed by atoms with van der Waals surface area (Å²) < 4.78 is 65.5. The molecule has 8 nitrogen and oxygen atoms in total. The van der Waals surface area contributed by atoms with Crippen LogP contribution in [-0.4, -0.2) is 60.1 Å². The summed E-state index contributed by atoms with van der Waals surface area (Å²) in [5, 5.41) is 2.72. The van der Waals surface area contributed by atoms with E-state index in [1.807, 2.05) is 34.6 Å². The maximum absolute atomic E-state index is 12.9. The summed E-state index contributed by atoms with van der Waals surface area (Å²) in [6.45, 7) is 12.8. The van der Waals surface area contributed by atoms with Crippen LogP contribution in [0.5, 0.6) is 0 Å². The van der Waals surface area contributed by atoms with Crippen molar-refractivity contribution in [3.8, 4) is 0 Å². The molecular weight excluding hydrogens is 472 g/mol. The number of methoxy groups -OCH3 is 1. The van der Waals surface area contributed by atoms with Gasteiger partial charge in [-0.1, -0.05) is 6.92 Å². The van der Waals surface area contributed by atoms with Crippen LogP contribution < -0.4 is 10.0 Å². The summed E-state index contributed by atoms with van der Waals surface area (Å²) in [4.78, 5) is 0. The third-order valence-corrected chi connectivity index (χ3v) is 11.7. The van der Waals surface area contributed by atoms with Gasteiger partial charge in [-0.15, -0.1) is 11.3 Å². The van der Waals surface area contributed by atoms with Crippen LogP contribution in [0.25, 0.3) is 0 Å². The van der Waals surface area contributed by atoms with Crippen molar-refractivity contribution in [3.63, 3.8) is 0 Å². The van der Waals surface area contributed by atoms with Gasteiger partial charge in [0.15, 0.2) is 9.84 Å². The van der Waals surface area contributed by atoms with Crippen LogP contribution in [0.2, 0.25) is 0 Å². The number of sulfone groups is 1. The maximum Gasteiger partial charge on any atom is 0.250 e. The van der Waals surface area contributed by atoms with Gasteiger partial charge in [-0.05, 0) is 66.5 Å². The number of hydrogen-bond donors (Lipinski definition) is 2. The van der Waals surface area contributed by atoms with Crippen molar-refractivity contribution in [2.75, 3.05) is 26.8 Å². The molecule has 2 rings (SSSR count). The van der Waals surface area contributed by atoms with E-state index in [-0.39, 0.29) is 26.6 Å². The first-order valence-electron chi connectivity index (χ1n) is 10.9. The molecule has 1 aliphatic rings. The first-order chi connectivity index (χ1) is 14.6. The minimum Gasteiger partial charge on any atom is -0.379 e. The van der Waals surface area contributed by atoms with Crippen molar-refractivity contribution in [1.82, 2.24) is 10.0 Å². The highest BCUT2D eigenvalue weighted by Crippen LogP contribution is 2.42. The number of nitrogens with one attached hydrogen (secondary N) is 2. The smallest absolute Gasteiger partial charge is 0.250 e. The van der Waals surface area contributed by atoms with Crippen LogP contribution in [0, 0.1) is 0 Å². The minimum atomic E-state index is -3.83. The highest BCUT2D eigenvalue weighted by atomic mass is 32.3. The van der Waals surface area contributed by atoms with Crippen LogP contribution in [0.15, 0.2) is 14.5 Å². The Hall–Kier alpha value is -0.560. The molecule has 32 heavy (non-hydrogen) atoms. The molecule has 2 N–H and O–H groups in total. The number of sulfonamides is 1. The van der Waals surface area contributed by atoms with E-state index in [1.54, 1.807) is 14.0 Å². The molecule has 0 aliphatic carbocycles. The van der Waals surface area contributed by atoms with E-state index in [0.717, 1.165) is 17.8 Å². The molecule has 0 aromatic carbocycles. The second kappa shape index (κ2) is 10.4. The summed E-state index contributed by atoms with van der Waals surface area (Å²) in [5.41, 5.74) is -0.242. The van der Waals surface area contributed by atoms with Crippen LogP contribution >= 0.6 is 11.3 Å². The zero-order valence-corrected chi connectivity index (χ0v) is 22.6. The average molecular weight is 511 g/mol. The standard InChI is InChI=1S/C21H38N2O6S3/c1-8-22-17-13-15(2)31(24,25)19-16(17)14-18(30-19)32(26,27)23-11-9-21(5,6)29-12-10-20(3,4)28-7/h14-15,17,22-23H,8-13H2,1-7H3. The van der Waals surface area contributed by atoms with Gasteiger partial charge in [-0.3, -0.25) is 0 Å². The molecule has 2 unspecified atom stereocenters. The van der Waals surface area contributed by atoms with Gasteiger partial charge in [0.1, 0.15) is 8.42 Å². The Morgan fingerprint density at radius 3 is 2.44 bits per heavy atom. The van der Waals surface area contributed by atoms with Gasteiger partial charge in [-0.25, -0.2) is 21.6 Å². The molecule has 0 bridgehead atoms. The molecule has 0 fully saturated rings. The number of rotatable bonds is 12. The van der Waals surface area contributed by atoms with Crippen LogP contribution in [-0.2, 0) is 29.3 Å². The molecule has 186 valence electrons. The van der Waals surface area contributed by atoms with Gasteiger partial charge >= 0.3 is 0 Å². The van der Waals surface area contributed by atoms with Crippen molar-refractivity contribution in [1.29, 1.82) is 0 Å². The predicted molar refractivity (Wildman–Crippen MR) is 128 cm³/mol. The van der Waals surface area contributed by atoms with Gasteiger partial charge in [0.2, 0.25) is 10.0 Å². The molecule has 2 heterocycles. The molecule has 0 radical (unpaired) electrons. The monoisotopic (exact) mass is 510 g/mol. The average Bonchev–Trinajstić information content (AvgIpc) is 3.13. The third kappa shape index (κ3) is 6.74. The lowest BCUT2D eigenvalue weighted by molar-refractivity contribution is -0.0603. The number of ether oxygens (including phenoxy) is 2. The van der Waals surface area contributed by atoms with Gasteiger partial charge in [-0.2, -0.15) is 0 Å². The van der Waals surface area contributed by atoms with Gasteiger partial charge in [0, 0.05) is 25.3 Å². The van der Waals surface area contributed by atoms with Crippen molar-refractivity contribution in [2.45, 2.75) is 91.7 Å². The lowest BCUT2D eigenvalue weighted by atomic mass is 10.0. The number of fused-ring (bicyclic) bond motifs is 1. The lowest BCUT2D eigenvalue weighted by Crippen LogP contribution is -2.34. The van der Waals surface area contributed by atoms with E-state index in [0.29, 0.717) is 31.6 Å². The van der Waals surface area contributed by atoms with Crippen molar-refractivity contribution in [2.24, 2.45) is 0 Å². The molecule has 2 atom stereocenters. The molecule has 0 amide bonds. The summed E-state index contributed by atoms with van der Waals surface area (Å²) in [5.74, 6) is 0. The van der Waals surface area contributed by atoms with Crippen LogP contribution in [0.4, 0.5) is 0 Å². The van der Waals surface area contributed by atoms with E-state index in [2.05, 4.69) is 10.0 Å². The Kier molecular flexibility index (Phi) is 8.97. The lowest BCUT2D eigenvalue weighted by Gasteiger charge is -2.29. The van der Waals surface area contributed by atoms with Crippen LogP contribution in [0.3, 0.4) is 0 Å². The topological polar surface area (TPSA) is 111 Å². The first kappa shape index (κ1) is 27.7. The Morgan fingerprint density at radius 1 is 1.19 bits per heavy atom. The van der Waals surface area contributed by atoms with Crippen LogP contribution in [0.1, 0.15) is 72.4 Å². The first-order valence-corrected chi connectivity index (χ1v) is 14.8. The highest BCUT2D eigenvalue weighted by molar-refractivity contribution is 7.95. The highest BCUT2D eigenvalue weighted by Gasteiger charge is 2.39. The third-order valence-electron chi connectivity index (χ3n) is 5.92. The molecule has 1 aliphatic heterocycles. The molecule has 11 heteroatoms. The zero-order chi connectivity index (χ0) is 24.4. The quantitative estimate of drug-likeness (QED) is 0.444. The second-order valence-electron chi connectivity index (χ2n) is 9.48. The summed E-state index contributed by atoms with van der Waals surface area (Å²) >= 11 is 0.836. The molecule has 0 saturated heterocycles. The predicted octanol–water partition coefficient (Wildman–Crippen LogP) is 3.24. The Balaban J connectivity index is 2.06. The molecule has 1 aromatic rings. The number of thiophene rings is 1. The fourth-order valence-corrected chi connectivity index (χ4v) is 8.55. The summed E-state index contributed by atoms with van der Waals surface area (Å²) in [6.07, 6.45) is 1.62. The van der Waals surface area contributed by atoms with Gasteiger partial charge in [0.25, 0.3) is 0 Å². The molecular formula is C21H38N2O6S3. The summed E-state index contributed by atoms with van der Waals surface area (Å²) in [6, 6.07) is 1.34. The van der Waals surface area contributed by atoms with Crippen molar-refractivity contribution >= 4 is 31.2 Å². The van der Waals surface area contributed by atoms with E-state index < -0.39 is 30.7 Å². The minimum absolute atomic E-state index is 0.0312. The van der Waals surface area contributed by atoms with Crippen molar-refractivity contribution in [3.05, 3.63) is 11.6 Å². The van der Waals surface area contributed by atoms with Crippen molar-refractivity contribution < 1.29 is 26.3 Å². The summed E-state index contributed by atoms with van der Waals surface area (Å²) in [7, 11) is -5.69. The second-order valence-corrected chi connectivity index (χ2v) is 15.1. The molecule has 0 saturated carbocycles. The molecule has 1 aromatic heterocycles. The fraction of sp³-hybridized carbons (Fsp3) is 0.810. The Morgan fingerprint density at radius 2 is 1.84 bits per heavy atom. The SMILES string of the molecule is CCNC1CC(C)S(=O)(=O)c2sc(S(=O)(=O)NCCC(C)(C)OCCC(C)(C)OC)cc21. The molecule has 0 spiro atoms. The van der Waals surface area contributed by atoms with Gasteiger partial charge < -0.3 is 14.8 Å². The Labute approximate surface area is 197 Å². The number of hydrogen-bond acceptors (Lipinski definition) is 8. The van der Waals surface area contributed by atoms with E-state index in [1.165, 1.54) is 6.07 Å². The Bertz CT molecular complexity index is 983. The van der Waals surface area contributed by atoms with E-state index in [4.69, 9.17) is 9.47 Å².